The summed E-state index contributed by atoms with van der Waals surface area (Å²) in [5.74, 6) is 0.305. The predicted molar refractivity (Wildman–Crippen MR) is 58.3 cm³/mol. The minimum Gasteiger partial charge on any atom is -0.352 e. The largest absolute Gasteiger partial charge is 0.352 e. The summed E-state index contributed by atoms with van der Waals surface area (Å²) in [7, 11) is -1.13. The molecule has 0 aromatic rings. The van der Waals surface area contributed by atoms with Crippen LogP contribution in [0.4, 0.5) is 0 Å². The van der Waals surface area contributed by atoms with Gasteiger partial charge in [0.2, 0.25) is 5.91 Å². The number of sulfone groups is 1. The molecule has 0 aromatic heterocycles. The molecule has 6 heteroatoms. The van der Waals surface area contributed by atoms with E-state index in [1.807, 2.05) is 0 Å². The zero-order valence-corrected chi connectivity index (χ0v) is 9.93. The van der Waals surface area contributed by atoms with Gasteiger partial charge in [-0.3, -0.25) is 4.79 Å². The molecular formula is C9H18N2O3S. The summed E-state index contributed by atoms with van der Waals surface area (Å²) in [5, 5.41) is 5.68. The Morgan fingerprint density at radius 2 is 1.87 bits per heavy atom. The van der Waals surface area contributed by atoms with E-state index in [0.717, 1.165) is 0 Å². The number of nitrogens with one attached hydrogen (secondary N) is 2. The van der Waals surface area contributed by atoms with E-state index < -0.39 is 9.84 Å². The predicted octanol–water partition coefficient (Wildman–Crippen LogP) is -0.712. The van der Waals surface area contributed by atoms with Gasteiger partial charge in [0.1, 0.15) is 9.84 Å². The molecule has 15 heavy (non-hydrogen) atoms. The van der Waals surface area contributed by atoms with Crippen LogP contribution in [0, 0.1) is 0 Å². The zero-order chi connectivity index (χ0) is 11.5. The summed E-state index contributed by atoms with van der Waals surface area (Å²) in [6, 6.07) is -0.222. The number of rotatable bonds is 3. The monoisotopic (exact) mass is 234 g/mol. The minimum atomic E-state index is -2.84. The summed E-state index contributed by atoms with van der Waals surface area (Å²) in [6.07, 6.45) is 1.06. The quantitative estimate of drug-likeness (QED) is 0.676. The molecular weight excluding hydrogens is 216 g/mol. The second-order valence-corrected chi connectivity index (χ2v) is 6.25. The lowest BCUT2D eigenvalue weighted by molar-refractivity contribution is -0.123. The molecule has 2 N–H and O–H groups in total. The third-order valence-corrected chi connectivity index (χ3v) is 4.44. The lowest BCUT2D eigenvalue weighted by atomic mass is 10.1. The average molecular weight is 234 g/mol. The van der Waals surface area contributed by atoms with Gasteiger partial charge in [-0.1, -0.05) is 0 Å². The highest BCUT2D eigenvalue weighted by atomic mass is 32.2. The average Bonchev–Trinajstić information content (AvgIpc) is 2.20. The van der Waals surface area contributed by atoms with Crippen molar-refractivity contribution >= 4 is 15.7 Å². The number of likely N-dealkylation sites (N-methyl/N-ethyl adjacent to an activating group) is 1. The van der Waals surface area contributed by atoms with E-state index in [1.54, 1.807) is 14.0 Å². The van der Waals surface area contributed by atoms with Gasteiger partial charge in [-0.25, -0.2) is 8.42 Å². The maximum Gasteiger partial charge on any atom is 0.237 e. The van der Waals surface area contributed by atoms with Gasteiger partial charge in [0.15, 0.2) is 0 Å². The van der Waals surface area contributed by atoms with E-state index in [9.17, 15) is 13.2 Å². The van der Waals surface area contributed by atoms with Gasteiger partial charge in [-0.2, -0.15) is 0 Å². The van der Waals surface area contributed by atoms with E-state index in [0.29, 0.717) is 12.8 Å². The minimum absolute atomic E-state index is 0.0109. The summed E-state index contributed by atoms with van der Waals surface area (Å²) in [6.45, 7) is 1.77. The van der Waals surface area contributed by atoms with Crippen molar-refractivity contribution in [2.75, 3.05) is 18.6 Å². The number of carbonyl (C=O) groups is 1. The first-order chi connectivity index (χ1) is 6.94. The molecule has 0 spiro atoms. The van der Waals surface area contributed by atoms with Crippen LogP contribution >= 0.6 is 0 Å². The first-order valence-corrected chi connectivity index (χ1v) is 6.95. The highest BCUT2D eigenvalue weighted by Gasteiger charge is 2.25. The molecule has 1 fully saturated rings. The highest BCUT2D eigenvalue weighted by molar-refractivity contribution is 7.91. The van der Waals surface area contributed by atoms with Crippen LogP contribution in [0.5, 0.6) is 0 Å². The van der Waals surface area contributed by atoms with Crippen molar-refractivity contribution in [3.63, 3.8) is 0 Å². The van der Waals surface area contributed by atoms with Crippen LogP contribution in [0.15, 0.2) is 0 Å². The summed E-state index contributed by atoms with van der Waals surface area (Å²) in [4.78, 5) is 11.5. The number of hydrogen-bond acceptors (Lipinski definition) is 4. The Labute approximate surface area is 90.5 Å². The van der Waals surface area contributed by atoms with Crippen molar-refractivity contribution in [2.24, 2.45) is 0 Å². The van der Waals surface area contributed by atoms with Gasteiger partial charge in [0.25, 0.3) is 0 Å². The highest BCUT2D eigenvalue weighted by Crippen LogP contribution is 2.12. The van der Waals surface area contributed by atoms with Crippen molar-refractivity contribution in [2.45, 2.75) is 31.8 Å². The molecule has 1 amide bonds. The van der Waals surface area contributed by atoms with E-state index in [4.69, 9.17) is 0 Å². The van der Waals surface area contributed by atoms with Gasteiger partial charge in [0.05, 0.1) is 17.5 Å². The van der Waals surface area contributed by atoms with Gasteiger partial charge in [-0.15, -0.1) is 0 Å². The standard InChI is InChI=1S/C9H18N2O3S/c1-7(10-2)9(12)11-8-3-5-15(13,14)6-4-8/h7-8,10H,3-6H2,1-2H3,(H,11,12). The van der Waals surface area contributed by atoms with Crippen molar-refractivity contribution < 1.29 is 13.2 Å². The number of hydrogen-bond donors (Lipinski definition) is 2. The zero-order valence-electron chi connectivity index (χ0n) is 9.12. The molecule has 1 aliphatic heterocycles. The number of amides is 1. The van der Waals surface area contributed by atoms with Crippen LogP contribution in [-0.2, 0) is 14.6 Å². The smallest absolute Gasteiger partial charge is 0.237 e. The SMILES string of the molecule is CNC(C)C(=O)NC1CCS(=O)(=O)CC1. The maximum atomic E-state index is 11.5. The van der Waals surface area contributed by atoms with E-state index >= 15 is 0 Å². The van der Waals surface area contributed by atoms with Gasteiger partial charge in [-0.05, 0) is 26.8 Å². The lowest BCUT2D eigenvalue weighted by Gasteiger charge is -2.24. The van der Waals surface area contributed by atoms with Crippen LogP contribution in [0.3, 0.4) is 0 Å². The fourth-order valence-corrected chi connectivity index (χ4v) is 2.98. The van der Waals surface area contributed by atoms with Crippen molar-refractivity contribution in [1.82, 2.24) is 10.6 Å². The second kappa shape index (κ2) is 4.94. The Kier molecular flexibility index (Phi) is 4.10. The Morgan fingerprint density at radius 1 is 1.33 bits per heavy atom. The Morgan fingerprint density at radius 3 is 2.33 bits per heavy atom. The summed E-state index contributed by atoms with van der Waals surface area (Å²) < 4.78 is 22.3. The normalized spacial score (nSPS) is 23.3. The molecule has 0 radical (unpaired) electrons. The fraction of sp³-hybridized carbons (Fsp3) is 0.889. The molecule has 1 saturated heterocycles. The third kappa shape index (κ3) is 3.79. The molecule has 88 valence electrons. The topological polar surface area (TPSA) is 75.3 Å². The van der Waals surface area contributed by atoms with Gasteiger partial charge >= 0.3 is 0 Å². The molecule has 1 atom stereocenters. The van der Waals surface area contributed by atoms with Crippen LogP contribution in [0.2, 0.25) is 0 Å². The lowest BCUT2D eigenvalue weighted by Crippen LogP contribution is -2.47. The first kappa shape index (κ1) is 12.4. The van der Waals surface area contributed by atoms with Crippen LogP contribution in [-0.4, -0.2) is 45.0 Å². The van der Waals surface area contributed by atoms with Crippen molar-refractivity contribution in [3.05, 3.63) is 0 Å². The maximum absolute atomic E-state index is 11.5. The van der Waals surface area contributed by atoms with Crippen LogP contribution in [0.1, 0.15) is 19.8 Å². The van der Waals surface area contributed by atoms with Crippen molar-refractivity contribution in [3.8, 4) is 0 Å². The summed E-state index contributed by atoms with van der Waals surface area (Å²) in [5.41, 5.74) is 0. The Bertz CT molecular complexity index is 312. The van der Waals surface area contributed by atoms with Gasteiger partial charge in [0, 0.05) is 6.04 Å². The number of carbonyl (C=O) groups excluding carboxylic acids is 1. The molecule has 1 heterocycles. The first-order valence-electron chi connectivity index (χ1n) is 5.12. The third-order valence-electron chi connectivity index (χ3n) is 2.73. The molecule has 1 aliphatic rings. The molecule has 5 nitrogen and oxygen atoms in total. The molecule has 0 aliphatic carbocycles. The van der Waals surface area contributed by atoms with E-state index in [-0.39, 0.29) is 29.5 Å². The second-order valence-electron chi connectivity index (χ2n) is 3.95. The molecule has 1 rings (SSSR count). The van der Waals surface area contributed by atoms with E-state index in [1.165, 1.54) is 0 Å². The fourth-order valence-electron chi connectivity index (χ4n) is 1.49. The molecule has 1 unspecified atom stereocenters. The Balaban J connectivity index is 2.39. The Hall–Kier alpha value is -0.620. The van der Waals surface area contributed by atoms with Crippen LogP contribution < -0.4 is 10.6 Å². The molecule has 0 bridgehead atoms. The van der Waals surface area contributed by atoms with Gasteiger partial charge < -0.3 is 10.6 Å². The van der Waals surface area contributed by atoms with Crippen molar-refractivity contribution in [1.29, 1.82) is 0 Å². The van der Waals surface area contributed by atoms with Crippen LogP contribution in [0.25, 0.3) is 0 Å². The van der Waals surface area contributed by atoms with E-state index in [2.05, 4.69) is 10.6 Å². The molecule has 0 saturated carbocycles. The summed E-state index contributed by atoms with van der Waals surface area (Å²) >= 11 is 0. The molecule has 0 aromatic carbocycles.